The summed E-state index contributed by atoms with van der Waals surface area (Å²) in [5, 5.41) is 6.11. The molecule has 0 saturated carbocycles. The standard InChI is InChI=1S/C13H28N2O/c1-12(2)8-9-13(16)15-11-7-5-4-6-10-14-3/h12,14H,4-11H2,1-3H3,(H,15,16). The minimum Gasteiger partial charge on any atom is -0.356 e. The maximum absolute atomic E-state index is 11.4. The number of hydrogen-bond acceptors (Lipinski definition) is 2. The lowest BCUT2D eigenvalue weighted by molar-refractivity contribution is -0.121. The largest absolute Gasteiger partial charge is 0.356 e. The molecule has 2 N–H and O–H groups in total. The van der Waals surface area contributed by atoms with Gasteiger partial charge in [0.1, 0.15) is 0 Å². The van der Waals surface area contributed by atoms with Crippen molar-refractivity contribution in [1.82, 2.24) is 10.6 Å². The third-order valence-corrected chi connectivity index (χ3v) is 2.62. The van der Waals surface area contributed by atoms with Crippen LogP contribution in [0.25, 0.3) is 0 Å². The molecular formula is C13H28N2O. The fraction of sp³-hybridized carbons (Fsp3) is 0.923. The second-order valence-corrected chi connectivity index (χ2v) is 4.80. The zero-order valence-electron chi connectivity index (χ0n) is 11.1. The molecule has 0 aromatic rings. The van der Waals surface area contributed by atoms with Crippen molar-refractivity contribution >= 4 is 5.91 Å². The molecule has 0 fully saturated rings. The maximum Gasteiger partial charge on any atom is 0.220 e. The molecular weight excluding hydrogens is 200 g/mol. The zero-order chi connectivity index (χ0) is 12.2. The minimum atomic E-state index is 0.212. The van der Waals surface area contributed by atoms with Crippen LogP contribution in [0.3, 0.4) is 0 Å². The van der Waals surface area contributed by atoms with Crippen molar-refractivity contribution in [3.63, 3.8) is 0 Å². The number of unbranched alkanes of at least 4 members (excludes halogenated alkanes) is 3. The van der Waals surface area contributed by atoms with Crippen LogP contribution in [-0.4, -0.2) is 26.0 Å². The van der Waals surface area contributed by atoms with E-state index in [9.17, 15) is 4.79 Å². The number of rotatable bonds is 10. The average Bonchev–Trinajstić information content (AvgIpc) is 2.25. The van der Waals surface area contributed by atoms with Crippen LogP contribution in [0.5, 0.6) is 0 Å². The monoisotopic (exact) mass is 228 g/mol. The van der Waals surface area contributed by atoms with E-state index in [1.54, 1.807) is 0 Å². The van der Waals surface area contributed by atoms with Crippen LogP contribution in [0.15, 0.2) is 0 Å². The Bertz CT molecular complexity index is 169. The van der Waals surface area contributed by atoms with Crippen molar-refractivity contribution in [3.8, 4) is 0 Å². The second-order valence-electron chi connectivity index (χ2n) is 4.80. The molecule has 3 nitrogen and oxygen atoms in total. The van der Waals surface area contributed by atoms with Gasteiger partial charge in [-0.2, -0.15) is 0 Å². The molecule has 16 heavy (non-hydrogen) atoms. The maximum atomic E-state index is 11.4. The number of amides is 1. The first-order chi connectivity index (χ1) is 7.66. The smallest absolute Gasteiger partial charge is 0.220 e. The molecule has 0 rings (SSSR count). The van der Waals surface area contributed by atoms with Crippen molar-refractivity contribution in [3.05, 3.63) is 0 Å². The molecule has 0 heterocycles. The summed E-state index contributed by atoms with van der Waals surface area (Å²) >= 11 is 0. The van der Waals surface area contributed by atoms with E-state index in [1.165, 1.54) is 19.3 Å². The van der Waals surface area contributed by atoms with Crippen LogP contribution < -0.4 is 10.6 Å². The van der Waals surface area contributed by atoms with E-state index in [2.05, 4.69) is 24.5 Å². The van der Waals surface area contributed by atoms with E-state index in [0.717, 1.165) is 25.9 Å². The number of nitrogens with one attached hydrogen (secondary N) is 2. The van der Waals surface area contributed by atoms with Gasteiger partial charge in [-0.15, -0.1) is 0 Å². The van der Waals surface area contributed by atoms with E-state index >= 15 is 0 Å². The quantitative estimate of drug-likeness (QED) is 0.563. The molecule has 0 aliphatic heterocycles. The number of hydrogen-bond donors (Lipinski definition) is 2. The first-order valence-electron chi connectivity index (χ1n) is 6.58. The Morgan fingerprint density at radius 3 is 2.25 bits per heavy atom. The highest BCUT2D eigenvalue weighted by Gasteiger charge is 2.01. The lowest BCUT2D eigenvalue weighted by Gasteiger charge is -2.06. The van der Waals surface area contributed by atoms with Gasteiger partial charge in [-0.05, 0) is 38.8 Å². The zero-order valence-corrected chi connectivity index (χ0v) is 11.1. The lowest BCUT2D eigenvalue weighted by Crippen LogP contribution is -2.24. The molecule has 0 radical (unpaired) electrons. The van der Waals surface area contributed by atoms with Crippen LogP contribution in [0, 0.1) is 5.92 Å². The van der Waals surface area contributed by atoms with Crippen LogP contribution in [0.1, 0.15) is 52.4 Å². The van der Waals surface area contributed by atoms with Gasteiger partial charge >= 0.3 is 0 Å². The molecule has 0 saturated heterocycles. The Morgan fingerprint density at radius 2 is 1.69 bits per heavy atom. The molecule has 3 heteroatoms. The SMILES string of the molecule is CNCCCCCCNC(=O)CCC(C)C. The van der Waals surface area contributed by atoms with E-state index in [-0.39, 0.29) is 5.91 Å². The Labute approximate surface area is 100 Å². The van der Waals surface area contributed by atoms with Gasteiger partial charge in [-0.25, -0.2) is 0 Å². The average molecular weight is 228 g/mol. The van der Waals surface area contributed by atoms with E-state index in [0.29, 0.717) is 12.3 Å². The van der Waals surface area contributed by atoms with Gasteiger partial charge in [-0.3, -0.25) is 4.79 Å². The van der Waals surface area contributed by atoms with Crippen LogP contribution >= 0.6 is 0 Å². The fourth-order valence-corrected chi connectivity index (χ4v) is 1.52. The predicted molar refractivity (Wildman–Crippen MR) is 69.5 cm³/mol. The van der Waals surface area contributed by atoms with Gasteiger partial charge in [-0.1, -0.05) is 26.7 Å². The Hall–Kier alpha value is -0.570. The highest BCUT2D eigenvalue weighted by Crippen LogP contribution is 2.03. The summed E-state index contributed by atoms with van der Waals surface area (Å²) in [6.45, 7) is 6.24. The second kappa shape index (κ2) is 10.9. The summed E-state index contributed by atoms with van der Waals surface area (Å²) in [5.74, 6) is 0.830. The van der Waals surface area contributed by atoms with Crippen molar-refractivity contribution in [2.24, 2.45) is 5.92 Å². The Balaban J connectivity index is 3.15. The molecule has 0 unspecified atom stereocenters. The predicted octanol–water partition coefficient (Wildman–Crippen LogP) is 2.32. The molecule has 96 valence electrons. The van der Waals surface area contributed by atoms with Crippen molar-refractivity contribution < 1.29 is 4.79 Å². The van der Waals surface area contributed by atoms with Crippen LogP contribution in [0.4, 0.5) is 0 Å². The molecule has 0 aromatic carbocycles. The Kier molecular flexibility index (Phi) is 10.5. The first kappa shape index (κ1) is 15.4. The van der Waals surface area contributed by atoms with Crippen LogP contribution in [0.2, 0.25) is 0 Å². The molecule has 0 spiro atoms. The van der Waals surface area contributed by atoms with E-state index < -0.39 is 0 Å². The van der Waals surface area contributed by atoms with Crippen molar-refractivity contribution in [2.45, 2.75) is 52.4 Å². The van der Waals surface area contributed by atoms with Crippen molar-refractivity contribution in [1.29, 1.82) is 0 Å². The minimum absolute atomic E-state index is 0.212. The normalized spacial score (nSPS) is 10.8. The van der Waals surface area contributed by atoms with Crippen molar-refractivity contribution in [2.75, 3.05) is 20.1 Å². The molecule has 1 amide bonds. The van der Waals surface area contributed by atoms with E-state index in [1.807, 2.05) is 7.05 Å². The van der Waals surface area contributed by atoms with Gasteiger partial charge < -0.3 is 10.6 Å². The summed E-state index contributed by atoms with van der Waals surface area (Å²) in [6, 6.07) is 0. The number of carbonyl (C=O) groups is 1. The molecule has 0 bridgehead atoms. The van der Waals surface area contributed by atoms with Gasteiger partial charge in [0.05, 0.1) is 0 Å². The fourth-order valence-electron chi connectivity index (χ4n) is 1.52. The van der Waals surface area contributed by atoms with Gasteiger partial charge in [0, 0.05) is 13.0 Å². The number of carbonyl (C=O) groups excluding carboxylic acids is 1. The summed E-state index contributed by atoms with van der Waals surface area (Å²) in [4.78, 5) is 11.4. The van der Waals surface area contributed by atoms with E-state index in [4.69, 9.17) is 0 Å². The van der Waals surface area contributed by atoms with Crippen LogP contribution in [-0.2, 0) is 4.79 Å². The third-order valence-electron chi connectivity index (χ3n) is 2.62. The lowest BCUT2D eigenvalue weighted by atomic mass is 10.1. The molecule has 0 aliphatic rings. The third kappa shape index (κ3) is 11.5. The highest BCUT2D eigenvalue weighted by molar-refractivity contribution is 5.75. The van der Waals surface area contributed by atoms with Gasteiger partial charge in [0.25, 0.3) is 0 Å². The summed E-state index contributed by atoms with van der Waals surface area (Å²) in [7, 11) is 1.98. The molecule has 0 atom stereocenters. The molecule has 0 aromatic heterocycles. The van der Waals surface area contributed by atoms with Gasteiger partial charge in [0.15, 0.2) is 0 Å². The molecule has 0 aliphatic carbocycles. The topological polar surface area (TPSA) is 41.1 Å². The highest BCUT2D eigenvalue weighted by atomic mass is 16.1. The summed E-state index contributed by atoms with van der Waals surface area (Å²) in [5.41, 5.74) is 0. The first-order valence-corrected chi connectivity index (χ1v) is 6.58. The summed E-state index contributed by atoms with van der Waals surface area (Å²) in [6.07, 6.45) is 6.48. The van der Waals surface area contributed by atoms with Gasteiger partial charge in [0.2, 0.25) is 5.91 Å². The Morgan fingerprint density at radius 1 is 1.06 bits per heavy atom. The summed E-state index contributed by atoms with van der Waals surface area (Å²) < 4.78 is 0.